The summed E-state index contributed by atoms with van der Waals surface area (Å²) in [6.45, 7) is 2.07. The maximum Gasteiger partial charge on any atom is 0.260 e. The average Bonchev–Trinajstić information content (AvgIpc) is 3.28. The van der Waals surface area contributed by atoms with E-state index < -0.39 is 0 Å². The quantitative estimate of drug-likeness (QED) is 0.427. The van der Waals surface area contributed by atoms with E-state index in [1.165, 1.54) is 35.2 Å². The lowest BCUT2D eigenvalue weighted by atomic mass is 10.1. The Labute approximate surface area is 170 Å². The lowest BCUT2D eigenvalue weighted by Crippen LogP contribution is -2.10. The number of aromatic amines is 1. The largest absolute Gasteiger partial charge is 0.309 e. The third-order valence-electron chi connectivity index (χ3n) is 3.64. The summed E-state index contributed by atoms with van der Waals surface area (Å²) in [5, 5.41) is 10.7. The van der Waals surface area contributed by atoms with Crippen molar-refractivity contribution in [2.24, 2.45) is 0 Å². The SMILES string of the molecule is CCSc1nnc(SCc2nc3scc(-c4ccc(F)cc4)c3c(=O)[nH]2)s1. The number of nitrogens with one attached hydrogen (secondary N) is 1. The van der Waals surface area contributed by atoms with Crippen LogP contribution in [0.1, 0.15) is 12.7 Å². The average molecular weight is 437 g/mol. The first kappa shape index (κ1) is 18.6. The van der Waals surface area contributed by atoms with Gasteiger partial charge in [0.25, 0.3) is 5.56 Å². The molecule has 5 nitrogen and oxygen atoms in total. The zero-order valence-corrected chi connectivity index (χ0v) is 17.3. The van der Waals surface area contributed by atoms with E-state index in [9.17, 15) is 9.18 Å². The van der Waals surface area contributed by atoms with Gasteiger partial charge in [0.15, 0.2) is 8.68 Å². The van der Waals surface area contributed by atoms with E-state index in [2.05, 4.69) is 27.1 Å². The summed E-state index contributed by atoms with van der Waals surface area (Å²) in [7, 11) is 0. The number of halogens is 1. The van der Waals surface area contributed by atoms with Crippen LogP contribution in [0.25, 0.3) is 21.3 Å². The number of nitrogens with zero attached hydrogens (tertiary/aromatic N) is 3. The predicted octanol–water partition coefficient (Wildman–Crippen LogP) is 5.05. The molecule has 0 aliphatic heterocycles. The van der Waals surface area contributed by atoms with Gasteiger partial charge in [-0.15, -0.1) is 21.5 Å². The molecule has 4 rings (SSSR count). The van der Waals surface area contributed by atoms with Gasteiger partial charge in [-0.05, 0) is 23.4 Å². The van der Waals surface area contributed by atoms with E-state index in [0.717, 1.165) is 25.6 Å². The summed E-state index contributed by atoms with van der Waals surface area (Å²) < 4.78 is 15.0. The monoisotopic (exact) mass is 436 g/mol. The molecule has 0 bridgehead atoms. The third-order valence-corrected chi connectivity index (χ3v) is 7.59. The van der Waals surface area contributed by atoms with E-state index in [0.29, 0.717) is 21.8 Å². The summed E-state index contributed by atoms with van der Waals surface area (Å²) >= 11 is 6.12. The van der Waals surface area contributed by atoms with Crippen molar-refractivity contribution in [1.82, 2.24) is 20.2 Å². The summed E-state index contributed by atoms with van der Waals surface area (Å²) in [4.78, 5) is 20.7. The van der Waals surface area contributed by atoms with Gasteiger partial charge in [0, 0.05) is 10.9 Å². The minimum atomic E-state index is -0.304. The van der Waals surface area contributed by atoms with Crippen LogP contribution in [0.4, 0.5) is 4.39 Å². The first-order chi connectivity index (χ1) is 13.1. The standard InChI is InChI=1S/C17H13FN4OS4/c1-2-24-16-21-22-17(27-16)26-8-12-19-14(23)13-11(7-25-15(13)20-12)9-3-5-10(18)6-4-9/h3-7H,2,8H2,1H3,(H,19,20,23). The van der Waals surface area contributed by atoms with Crippen LogP contribution in [0.15, 0.2) is 43.1 Å². The van der Waals surface area contributed by atoms with Gasteiger partial charge >= 0.3 is 0 Å². The molecule has 3 heterocycles. The smallest absolute Gasteiger partial charge is 0.260 e. The Bertz CT molecular complexity index is 1140. The van der Waals surface area contributed by atoms with E-state index in [1.807, 2.05) is 5.38 Å². The molecule has 138 valence electrons. The number of hydrogen-bond donors (Lipinski definition) is 1. The van der Waals surface area contributed by atoms with Gasteiger partial charge in [0.05, 0.1) is 11.1 Å². The number of thioether (sulfide) groups is 2. The molecule has 3 aromatic heterocycles. The molecule has 1 N–H and O–H groups in total. The minimum absolute atomic E-state index is 0.185. The maximum absolute atomic E-state index is 13.2. The number of thiophene rings is 1. The number of fused-ring (bicyclic) bond motifs is 1. The second-order valence-electron chi connectivity index (χ2n) is 5.40. The molecule has 1 aromatic carbocycles. The number of rotatable bonds is 6. The topological polar surface area (TPSA) is 71.5 Å². The second kappa shape index (κ2) is 8.09. The molecular weight excluding hydrogens is 423 g/mol. The summed E-state index contributed by atoms with van der Waals surface area (Å²) in [5.74, 6) is 1.77. The molecule has 0 saturated heterocycles. The summed E-state index contributed by atoms with van der Waals surface area (Å²) in [6, 6.07) is 6.11. The first-order valence-corrected chi connectivity index (χ1v) is 11.7. The third kappa shape index (κ3) is 4.08. The molecular formula is C17H13FN4OS4. The molecule has 0 saturated carbocycles. The Morgan fingerprint density at radius 1 is 1.15 bits per heavy atom. The highest BCUT2D eigenvalue weighted by Gasteiger charge is 2.14. The fourth-order valence-corrected chi connectivity index (χ4v) is 6.23. The van der Waals surface area contributed by atoms with Crippen molar-refractivity contribution in [1.29, 1.82) is 0 Å². The van der Waals surface area contributed by atoms with E-state index in [1.54, 1.807) is 35.2 Å². The number of aromatic nitrogens is 4. The van der Waals surface area contributed by atoms with Crippen molar-refractivity contribution in [2.45, 2.75) is 21.4 Å². The van der Waals surface area contributed by atoms with Crippen LogP contribution in [0.5, 0.6) is 0 Å². The fraction of sp³-hybridized carbons (Fsp3) is 0.176. The molecule has 4 aromatic rings. The highest BCUT2D eigenvalue weighted by Crippen LogP contribution is 2.32. The van der Waals surface area contributed by atoms with Crippen LogP contribution in [-0.4, -0.2) is 25.9 Å². The molecule has 0 fully saturated rings. The van der Waals surface area contributed by atoms with Crippen LogP contribution >= 0.6 is 46.2 Å². The van der Waals surface area contributed by atoms with Crippen molar-refractivity contribution in [3.8, 4) is 11.1 Å². The molecule has 0 spiro atoms. The van der Waals surface area contributed by atoms with Crippen LogP contribution in [0.2, 0.25) is 0 Å². The molecule has 27 heavy (non-hydrogen) atoms. The van der Waals surface area contributed by atoms with Crippen molar-refractivity contribution in [3.63, 3.8) is 0 Å². The number of benzene rings is 1. The van der Waals surface area contributed by atoms with Gasteiger partial charge in [0.1, 0.15) is 16.5 Å². The van der Waals surface area contributed by atoms with E-state index in [-0.39, 0.29) is 11.4 Å². The van der Waals surface area contributed by atoms with E-state index >= 15 is 0 Å². The minimum Gasteiger partial charge on any atom is -0.309 e. The van der Waals surface area contributed by atoms with Crippen LogP contribution in [-0.2, 0) is 5.75 Å². The summed E-state index contributed by atoms with van der Waals surface area (Å²) in [5.41, 5.74) is 1.39. The van der Waals surface area contributed by atoms with Gasteiger partial charge in [-0.3, -0.25) is 4.79 Å². The molecule has 0 unspecified atom stereocenters. The number of hydrogen-bond acceptors (Lipinski definition) is 8. The van der Waals surface area contributed by atoms with Crippen LogP contribution < -0.4 is 5.56 Å². The van der Waals surface area contributed by atoms with Gasteiger partial charge < -0.3 is 4.98 Å². The van der Waals surface area contributed by atoms with Gasteiger partial charge in [-0.25, -0.2) is 9.37 Å². The molecule has 0 atom stereocenters. The second-order valence-corrected chi connectivity index (χ2v) is 9.97. The molecule has 10 heteroatoms. The zero-order chi connectivity index (χ0) is 18.8. The van der Waals surface area contributed by atoms with Crippen LogP contribution in [0, 0.1) is 5.82 Å². The Balaban J connectivity index is 1.59. The van der Waals surface area contributed by atoms with Crippen LogP contribution in [0.3, 0.4) is 0 Å². The van der Waals surface area contributed by atoms with Crippen molar-refractivity contribution in [2.75, 3.05) is 5.75 Å². The highest BCUT2D eigenvalue weighted by atomic mass is 32.2. The normalized spacial score (nSPS) is 11.3. The number of H-pyrrole nitrogens is 1. The van der Waals surface area contributed by atoms with E-state index in [4.69, 9.17) is 0 Å². The van der Waals surface area contributed by atoms with Gasteiger partial charge in [-0.2, -0.15) is 0 Å². The Morgan fingerprint density at radius 3 is 2.63 bits per heavy atom. The lowest BCUT2D eigenvalue weighted by molar-refractivity contribution is 0.628. The summed E-state index contributed by atoms with van der Waals surface area (Å²) in [6.07, 6.45) is 0. The molecule has 0 amide bonds. The van der Waals surface area contributed by atoms with Gasteiger partial charge in [-0.1, -0.05) is 53.9 Å². The maximum atomic E-state index is 13.2. The Hall–Kier alpha value is -1.75. The Kier molecular flexibility index (Phi) is 5.58. The molecule has 0 aliphatic carbocycles. The van der Waals surface area contributed by atoms with Gasteiger partial charge in [0.2, 0.25) is 0 Å². The lowest BCUT2D eigenvalue weighted by Gasteiger charge is -2.01. The Morgan fingerprint density at radius 2 is 1.89 bits per heavy atom. The molecule has 0 aliphatic rings. The highest BCUT2D eigenvalue weighted by molar-refractivity contribution is 8.02. The van der Waals surface area contributed by atoms with Crippen molar-refractivity contribution < 1.29 is 4.39 Å². The van der Waals surface area contributed by atoms with Crippen molar-refractivity contribution >= 4 is 56.4 Å². The first-order valence-electron chi connectivity index (χ1n) is 7.99. The van der Waals surface area contributed by atoms with Crippen molar-refractivity contribution in [3.05, 3.63) is 51.6 Å². The molecule has 0 radical (unpaired) electrons. The fourth-order valence-electron chi connectivity index (χ4n) is 2.47. The predicted molar refractivity (Wildman–Crippen MR) is 112 cm³/mol. The zero-order valence-electron chi connectivity index (χ0n) is 14.1.